The largest absolute Gasteiger partial charge is 0.332 e. The molecule has 0 radical (unpaired) electrons. The Morgan fingerprint density at radius 3 is 2.18 bits per heavy atom. The van der Waals surface area contributed by atoms with Gasteiger partial charge in [-0.25, -0.2) is 29.4 Å². The maximum atomic E-state index is 12.6. The van der Waals surface area contributed by atoms with Gasteiger partial charge in [0.15, 0.2) is 0 Å². The van der Waals surface area contributed by atoms with E-state index in [1.54, 1.807) is 0 Å². The van der Waals surface area contributed by atoms with Crippen LogP contribution in [0.25, 0.3) is 4.85 Å². The molecule has 154 valence electrons. The summed E-state index contributed by atoms with van der Waals surface area (Å²) in [5, 5.41) is 2.17. The zero-order valence-corrected chi connectivity index (χ0v) is 17.8. The van der Waals surface area contributed by atoms with Crippen LogP contribution >= 0.6 is 0 Å². The van der Waals surface area contributed by atoms with Gasteiger partial charge in [0.25, 0.3) is 6.67 Å². The first-order valence-electron chi connectivity index (χ1n) is 9.66. The lowest BCUT2D eigenvalue weighted by Crippen LogP contribution is -2.46. The molecular weight excluding hydrogens is 376 g/mol. The van der Waals surface area contributed by atoms with Crippen molar-refractivity contribution < 1.29 is 13.2 Å². The number of piperidine rings is 1. The van der Waals surface area contributed by atoms with Gasteiger partial charge in [-0.15, -0.1) is 0 Å². The second kappa shape index (κ2) is 9.39. The first-order chi connectivity index (χ1) is 13.2. The molecule has 2 N–H and O–H groups in total. The lowest BCUT2D eigenvalue weighted by molar-refractivity contribution is 0.248. The van der Waals surface area contributed by atoms with Gasteiger partial charge in [-0.1, -0.05) is 45.9 Å². The Kier molecular flexibility index (Phi) is 7.44. The maximum Gasteiger partial charge on any atom is 0.332 e. The molecule has 1 aromatic carbocycles. The Balaban J connectivity index is 2.11. The molecule has 0 unspecified atom stereocenters. The van der Waals surface area contributed by atoms with Crippen molar-refractivity contribution >= 4 is 21.7 Å². The normalized spacial score (nSPS) is 16.2. The van der Waals surface area contributed by atoms with Gasteiger partial charge in [0.05, 0.1) is 5.25 Å². The first-order valence-corrected chi connectivity index (χ1v) is 11.2. The molecule has 2 amide bonds. The fourth-order valence-corrected chi connectivity index (χ4v) is 4.82. The lowest BCUT2D eigenvalue weighted by Gasteiger charge is -2.28. The molecule has 0 aromatic heterocycles. The molecule has 7 nitrogen and oxygen atoms in total. The van der Waals surface area contributed by atoms with Crippen LogP contribution in [0, 0.1) is 6.57 Å². The zero-order valence-electron chi connectivity index (χ0n) is 17.0. The molecule has 0 bridgehead atoms. The number of carbonyl (C=O) groups excluding carboxylic acids is 1. The van der Waals surface area contributed by atoms with E-state index in [0.29, 0.717) is 31.6 Å². The van der Waals surface area contributed by atoms with Gasteiger partial charge in [0.1, 0.15) is 0 Å². The van der Waals surface area contributed by atoms with E-state index in [4.69, 9.17) is 6.57 Å². The summed E-state index contributed by atoms with van der Waals surface area (Å²) in [5.74, 6) is 0.384. The minimum Gasteiger partial charge on any atom is -0.307 e. The highest BCUT2D eigenvalue weighted by atomic mass is 32.2. The molecule has 1 aromatic rings. The van der Waals surface area contributed by atoms with Crippen LogP contribution in [0.2, 0.25) is 0 Å². The summed E-state index contributed by atoms with van der Waals surface area (Å²) in [6.45, 7) is 16.4. The minimum atomic E-state index is -3.77. The summed E-state index contributed by atoms with van der Waals surface area (Å²) in [7, 11) is -3.77. The van der Waals surface area contributed by atoms with E-state index in [9.17, 15) is 13.2 Å². The van der Waals surface area contributed by atoms with Crippen LogP contribution in [0.15, 0.2) is 18.2 Å². The van der Waals surface area contributed by atoms with Crippen molar-refractivity contribution in [3.05, 3.63) is 40.7 Å². The Hall–Kier alpha value is -2.11. The maximum absolute atomic E-state index is 12.6. The number of rotatable bonds is 6. The van der Waals surface area contributed by atoms with E-state index in [2.05, 4.69) is 14.9 Å². The Labute approximate surface area is 168 Å². The SMILES string of the molecule is [C-]#[N+]CN1CCC(S(=O)(=O)NC(=O)Nc2c(C(C)C)cccc2C(C)C)CC1. The van der Waals surface area contributed by atoms with E-state index >= 15 is 0 Å². The summed E-state index contributed by atoms with van der Waals surface area (Å²) < 4.78 is 27.5. The van der Waals surface area contributed by atoms with Gasteiger partial charge in [0, 0.05) is 18.8 Å². The molecular formula is C20H30N4O3S. The number of para-hydroxylation sites is 1. The lowest BCUT2D eigenvalue weighted by atomic mass is 9.93. The fraction of sp³-hybridized carbons (Fsp3) is 0.600. The molecule has 0 aliphatic carbocycles. The van der Waals surface area contributed by atoms with Crippen molar-refractivity contribution in [1.29, 1.82) is 0 Å². The van der Waals surface area contributed by atoms with E-state index in [1.165, 1.54) is 0 Å². The molecule has 0 spiro atoms. The quantitative estimate of drug-likeness (QED) is 0.705. The van der Waals surface area contributed by atoms with Crippen molar-refractivity contribution in [3.8, 4) is 0 Å². The fourth-order valence-electron chi connectivity index (χ4n) is 3.51. The van der Waals surface area contributed by atoms with Crippen LogP contribution in [0.5, 0.6) is 0 Å². The van der Waals surface area contributed by atoms with E-state index in [-0.39, 0.29) is 18.5 Å². The second-order valence-corrected chi connectivity index (χ2v) is 9.80. The number of nitrogens with zero attached hydrogens (tertiary/aromatic N) is 2. The predicted octanol–water partition coefficient (Wildman–Crippen LogP) is 3.73. The number of benzene rings is 1. The zero-order chi connectivity index (χ0) is 20.9. The van der Waals surface area contributed by atoms with Gasteiger partial charge in [-0.3, -0.25) is 4.85 Å². The van der Waals surface area contributed by atoms with Gasteiger partial charge >= 0.3 is 6.03 Å². The predicted molar refractivity (Wildman–Crippen MR) is 112 cm³/mol. The van der Waals surface area contributed by atoms with Crippen LogP contribution in [0.4, 0.5) is 10.5 Å². The molecule has 1 aliphatic rings. The molecule has 1 saturated heterocycles. The van der Waals surface area contributed by atoms with E-state index < -0.39 is 21.3 Å². The van der Waals surface area contributed by atoms with Crippen LogP contribution in [0.1, 0.15) is 63.5 Å². The number of urea groups is 1. The highest BCUT2D eigenvalue weighted by Gasteiger charge is 2.32. The summed E-state index contributed by atoms with van der Waals surface area (Å²) in [6.07, 6.45) is 0.829. The number of amides is 2. The van der Waals surface area contributed by atoms with Gasteiger partial charge < -0.3 is 5.32 Å². The van der Waals surface area contributed by atoms with Gasteiger partial charge in [-0.2, -0.15) is 0 Å². The molecule has 1 aliphatic heterocycles. The second-order valence-electron chi connectivity index (χ2n) is 7.84. The molecule has 2 rings (SSSR count). The van der Waals surface area contributed by atoms with Gasteiger partial charge in [0.2, 0.25) is 10.0 Å². The monoisotopic (exact) mass is 406 g/mol. The Morgan fingerprint density at radius 2 is 1.71 bits per heavy atom. The van der Waals surface area contributed by atoms with E-state index in [0.717, 1.165) is 11.1 Å². The number of hydrogen-bond donors (Lipinski definition) is 2. The molecule has 1 fully saturated rings. The van der Waals surface area contributed by atoms with Crippen molar-refractivity contribution in [2.24, 2.45) is 0 Å². The first kappa shape index (κ1) is 22.2. The van der Waals surface area contributed by atoms with Crippen molar-refractivity contribution in [3.63, 3.8) is 0 Å². The van der Waals surface area contributed by atoms with Crippen LogP contribution in [-0.4, -0.2) is 44.4 Å². The molecule has 0 atom stereocenters. The summed E-state index contributed by atoms with van der Waals surface area (Å²) in [6, 6.07) is 5.14. The molecule has 1 heterocycles. The standard InChI is InChI=1S/C20H30N4O3S/c1-14(2)17-7-6-8-18(15(3)4)19(17)22-20(25)23-28(26,27)16-9-11-24(12-10-16)13-21-5/h6-8,14-16H,9-13H2,1-4H3,(H2,22,23,25). The number of anilines is 1. The van der Waals surface area contributed by atoms with Crippen molar-refractivity contribution in [2.75, 3.05) is 25.1 Å². The van der Waals surface area contributed by atoms with Crippen molar-refractivity contribution in [2.45, 2.75) is 57.6 Å². The smallest absolute Gasteiger partial charge is 0.307 e. The number of sulfonamides is 1. The third kappa shape index (κ3) is 5.46. The number of nitrogens with one attached hydrogen (secondary N) is 2. The molecule has 8 heteroatoms. The van der Waals surface area contributed by atoms with Crippen LogP contribution < -0.4 is 10.0 Å². The summed E-state index contributed by atoms with van der Waals surface area (Å²) in [4.78, 5) is 17.8. The topological polar surface area (TPSA) is 82.9 Å². The van der Waals surface area contributed by atoms with E-state index in [1.807, 2.05) is 50.8 Å². The number of likely N-dealkylation sites (tertiary alicyclic amines) is 1. The minimum absolute atomic E-state index is 0.192. The average Bonchev–Trinajstić information content (AvgIpc) is 2.61. The highest BCUT2D eigenvalue weighted by molar-refractivity contribution is 7.90. The third-order valence-corrected chi connectivity index (χ3v) is 6.91. The average molecular weight is 407 g/mol. The number of hydrogen-bond acceptors (Lipinski definition) is 4. The Bertz CT molecular complexity index is 809. The molecule has 0 saturated carbocycles. The van der Waals surface area contributed by atoms with Crippen LogP contribution in [0.3, 0.4) is 0 Å². The Morgan fingerprint density at radius 1 is 1.18 bits per heavy atom. The number of carbonyl (C=O) groups is 1. The van der Waals surface area contributed by atoms with Crippen LogP contribution in [-0.2, 0) is 10.0 Å². The van der Waals surface area contributed by atoms with Gasteiger partial charge in [-0.05, 0) is 35.8 Å². The van der Waals surface area contributed by atoms with Crippen molar-refractivity contribution in [1.82, 2.24) is 9.62 Å². The highest BCUT2D eigenvalue weighted by Crippen LogP contribution is 2.32. The summed E-state index contributed by atoms with van der Waals surface area (Å²) in [5.41, 5.74) is 2.64. The molecule has 28 heavy (non-hydrogen) atoms. The third-order valence-electron chi connectivity index (χ3n) is 5.09. The summed E-state index contributed by atoms with van der Waals surface area (Å²) >= 11 is 0.